The highest BCUT2D eigenvalue weighted by Crippen LogP contribution is 2.36. The van der Waals surface area contributed by atoms with Crippen LogP contribution < -0.4 is 5.32 Å². The second kappa shape index (κ2) is 8.62. The summed E-state index contributed by atoms with van der Waals surface area (Å²) >= 11 is 0. The molecule has 0 aromatic heterocycles. The summed E-state index contributed by atoms with van der Waals surface area (Å²) in [5.41, 5.74) is 1.73. The van der Waals surface area contributed by atoms with Crippen LogP contribution in [0.1, 0.15) is 18.1 Å². The van der Waals surface area contributed by atoms with Gasteiger partial charge in [0.15, 0.2) is 6.10 Å². The van der Waals surface area contributed by atoms with Crippen molar-refractivity contribution in [2.45, 2.75) is 11.6 Å². The van der Waals surface area contributed by atoms with Gasteiger partial charge in [0.25, 0.3) is 0 Å². The van der Waals surface area contributed by atoms with Gasteiger partial charge in [-0.3, -0.25) is 5.32 Å². The number of rotatable bonds is 7. The first-order chi connectivity index (χ1) is 13.6. The van der Waals surface area contributed by atoms with Crippen LogP contribution in [0.25, 0.3) is 0 Å². The van der Waals surface area contributed by atoms with Gasteiger partial charge in [-0.25, -0.2) is 4.79 Å². The zero-order valence-electron chi connectivity index (χ0n) is 16.1. The molecule has 3 rings (SSSR count). The number of esters is 1. The first-order valence-electron chi connectivity index (χ1n) is 9.29. The predicted molar refractivity (Wildman–Crippen MR) is 105 cm³/mol. The smallest absolute Gasteiger partial charge is 0.336 e. The van der Waals surface area contributed by atoms with Crippen LogP contribution in [-0.4, -0.2) is 30.8 Å². The molecule has 0 saturated heterocycles. The van der Waals surface area contributed by atoms with E-state index in [1.165, 1.54) is 7.11 Å². The molecule has 3 aromatic carbocycles. The molecule has 0 radical (unpaired) electrons. The summed E-state index contributed by atoms with van der Waals surface area (Å²) in [6.45, 7) is -1.31. The summed E-state index contributed by atoms with van der Waals surface area (Å²) in [5, 5.41) is 13.5. The maximum absolute atomic E-state index is 11.8. The lowest BCUT2D eigenvalue weighted by atomic mass is 9.77. The average molecular weight is 362 g/mol. The van der Waals surface area contributed by atoms with E-state index < -0.39 is 24.1 Å². The number of carbonyl (C=O) groups excluding carboxylic acids is 1. The average Bonchev–Trinajstić information content (AvgIpc) is 2.78. The lowest BCUT2D eigenvalue weighted by Crippen LogP contribution is -2.49. The molecule has 0 unspecified atom stereocenters. The second-order valence-corrected chi connectivity index (χ2v) is 6.13. The molecule has 2 N–H and O–H groups in total. The van der Waals surface area contributed by atoms with Gasteiger partial charge < -0.3 is 9.84 Å². The van der Waals surface area contributed by atoms with Gasteiger partial charge in [-0.05, 0) is 16.7 Å². The molecule has 4 heteroatoms. The number of aliphatic hydroxyl groups excluding tert-OH is 1. The van der Waals surface area contributed by atoms with Crippen molar-refractivity contribution in [3.8, 4) is 0 Å². The highest BCUT2D eigenvalue weighted by Gasteiger charge is 2.36. The zero-order chi connectivity index (χ0) is 20.0. The predicted octanol–water partition coefficient (Wildman–Crippen LogP) is 3.10. The number of benzene rings is 3. The zero-order valence-corrected chi connectivity index (χ0v) is 15.1. The van der Waals surface area contributed by atoms with E-state index in [-0.39, 0.29) is 0 Å². The molecular formula is C23H23NO3. The Morgan fingerprint density at radius 1 is 0.926 bits per heavy atom. The quantitative estimate of drug-likeness (QED) is 0.501. The van der Waals surface area contributed by atoms with E-state index in [4.69, 9.17) is 1.37 Å². The Morgan fingerprint density at radius 2 is 1.30 bits per heavy atom. The number of ether oxygens (including phenoxy) is 1. The summed E-state index contributed by atoms with van der Waals surface area (Å²) in [7, 11) is 1.19. The van der Waals surface area contributed by atoms with Gasteiger partial charge in [0.1, 0.15) is 0 Å². The van der Waals surface area contributed by atoms with Crippen molar-refractivity contribution in [3.63, 3.8) is 0 Å². The highest BCUT2D eigenvalue weighted by molar-refractivity contribution is 5.74. The van der Waals surface area contributed by atoms with Gasteiger partial charge >= 0.3 is 5.97 Å². The lowest BCUT2D eigenvalue weighted by Gasteiger charge is -2.37. The van der Waals surface area contributed by atoms with Gasteiger partial charge in [0.2, 0.25) is 0 Å². The number of hydrogen-bond acceptors (Lipinski definition) is 4. The molecule has 3 aromatic rings. The second-order valence-electron chi connectivity index (χ2n) is 6.13. The third kappa shape index (κ3) is 3.92. The van der Waals surface area contributed by atoms with Gasteiger partial charge in [0, 0.05) is 7.89 Å². The van der Waals surface area contributed by atoms with Gasteiger partial charge in [0.05, 0.1) is 12.6 Å². The number of aliphatic hydroxyl groups is 1. The van der Waals surface area contributed by atoms with Crippen molar-refractivity contribution >= 4 is 5.97 Å². The molecule has 0 bridgehead atoms. The molecule has 0 aliphatic heterocycles. The molecular weight excluding hydrogens is 338 g/mol. The van der Waals surface area contributed by atoms with E-state index >= 15 is 0 Å². The van der Waals surface area contributed by atoms with Crippen LogP contribution in [0.2, 0.25) is 0 Å². The van der Waals surface area contributed by atoms with Gasteiger partial charge in [-0.1, -0.05) is 91.0 Å². The van der Waals surface area contributed by atoms with Crippen LogP contribution in [0.5, 0.6) is 0 Å². The Bertz CT molecular complexity index is 791. The highest BCUT2D eigenvalue weighted by atomic mass is 16.5. The van der Waals surface area contributed by atoms with E-state index in [1.807, 2.05) is 91.0 Å². The Morgan fingerprint density at radius 3 is 1.63 bits per heavy atom. The first kappa shape index (κ1) is 17.5. The standard InChI is InChI=1S/C23H23NO3/c1-27-22(26)21(25)17-24-23(18-11-5-2-6-12-18,19-13-7-3-8-14-19)20-15-9-4-10-16-20/h2-16,21,24-25H,17H2,1H3/t21-/m0/s1/i17D/t17-,21+/m1. The van der Waals surface area contributed by atoms with Crippen LogP contribution >= 0.6 is 0 Å². The van der Waals surface area contributed by atoms with E-state index in [0.29, 0.717) is 0 Å². The van der Waals surface area contributed by atoms with Crippen LogP contribution in [0, 0.1) is 0 Å². The van der Waals surface area contributed by atoms with Crippen molar-refractivity contribution in [1.82, 2.24) is 5.32 Å². The summed E-state index contributed by atoms with van der Waals surface area (Å²) in [6, 6.07) is 29.1. The first-order valence-corrected chi connectivity index (χ1v) is 8.72. The Balaban J connectivity index is 2.21. The van der Waals surface area contributed by atoms with Crippen LogP contribution in [0.15, 0.2) is 91.0 Å². The Labute approximate surface area is 160 Å². The molecule has 0 amide bonds. The minimum atomic E-state index is -1.62. The van der Waals surface area contributed by atoms with Gasteiger partial charge in [-0.15, -0.1) is 0 Å². The van der Waals surface area contributed by atoms with Crippen LogP contribution in [-0.2, 0) is 15.1 Å². The van der Waals surface area contributed by atoms with Crippen molar-refractivity contribution < 1.29 is 16.0 Å². The molecule has 0 aliphatic rings. The normalized spacial score (nSPS) is 14.1. The maximum Gasteiger partial charge on any atom is 0.336 e. The van der Waals surface area contributed by atoms with Crippen molar-refractivity contribution in [3.05, 3.63) is 108 Å². The molecule has 0 fully saturated rings. The lowest BCUT2D eigenvalue weighted by molar-refractivity contribution is -0.150. The molecule has 0 aliphatic carbocycles. The topological polar surface area (TPSA) is 58.6 Å². The van der Waals surface area contributed by atoms with Gasteiger partial charge in [-0.2, -0.15) is 0 Å². The molecule has 0 saturated carbocycles. The van der Waals surface area contributed by atoms with E-state index in [9.17, 15) is 9.90 Å². The monoisotopic (exact) mass is 362 g/mol. The third-order valence-electron chi connectivity index (χ3n) is 4.52. The Hall–Kier alpha value is -2.95. The number of methoxy groups -OCH3 is 1. The summed E-state index contributed by atoms with van der Waals surface area (Å²) in [5.74, 6) is -0.851. The van der Waals surface area contributed by atoms with Crippen molar-refractivity contribution in [1.29, 1.82) is 0 Å². The molecule has 0 heterocycles. The molecule has 4 nitrogen and oxygen atoms in total. The fourth-order valence-corrected chi connectivity index (χ4v) is 3.21. The summed E-state index contributed by atoms with van der Waals surface area (Å²) in [6.07, 6.45) is -1.62. The van der Waals surface area contributed by atoms with Crippen molar-refractivity contribution in [2.24, 2.45) is 0 Å². The number of carbonyl (C=O) groups is 1. The van der Waals surface area contributed by atoms with Crippen LogP contribution in [0.3, 0.4) is 0 Å². The third-order valence-corrected chi connectivity index (χ3v) is 4.52. The van der Waals surface area contributed by atoms with E-state index in [2.05, 4.69) is 10.1 Å². The molecule has 0 spiro atoms. The summed E-state index contributed by atoms with van der Waals surface area (Å²) < 4.78 is 13.1. The van der Waals surface area contributed by atoms with Crippen molar-refractivity contribution in [2.75, 3.05) is 13.6 Å². The van der Waals surface area contributed by atoms with Crippen LogP contribution in [0.4, 0.5) is 0 Å². The molecule has 138 valence electrons. The number of nitrogens with one attached hydrogen (secondary N) is 1. The largest absolute Gasteiger partial charge is 0.467 e. The molecule has 2 atom stereocenters. The Kier molecular flexibility index (Phi) is 5.58. The number of hydrogen-bond donors (Lipinski definition) is 2. The molecule has 27 heavy (non-hydrogen) atoms. The van der Waals surface area contributed by atoms with E-state index in [1.54, 1.807) is 0 Å². The minimum Gasteiger partial charge on any atom is -0.467 e. The fraction of sp³-hybridized carbons (Fsp3) is 0.174. The maximum atomic E-state index is 11.8. The SMILES string of the molecule is [2H][C@@H](NC(c1ccccc1)(c1ccccc1)c1ccccc1)[C@H](O)C(=O)OC. The summed E-state index contributed by atoms with van der Waals surface area (Å²) in [4.78, 5) is 11.8. The fourth-order valence-electron chi connectivity index (χ4n) is 3.21. The van der Waals surface area contributed by atoms with E-state index in [0.717, 1.165) is 16.7 Å². The minimum absolute atomic E-state index is 0.851.